The third kappa shape index (κ3) is 85.9. The minimum atomic E-state index is -4.40. The highest BCUT2D eigenvalue weighted by Crippen LogP contribution is 2.43. The standard InChI is InChI=1S/C92H168NO8P/c1-6-8-10-12-14-16-18-20-22-24-26-28-30-32-34-36-38-40-42-44-45-46-47-49-50-52-54-56-58-60-62-64-66-68-70-72-74-76-78-80-82-84-91(94)98-88-90(89-100-102(96,97)99-87-86-93(3,4)5)101-92(95)85-83-81-79-77-75-73-71-69-67-65-63-61-59-57-55-53-51-48-43-41-39-37-35-33-31-29-27-25-23-21-19-17-15-13-11-9-7-2/h9,11,15,17-18,20-21,23-24,26-27,29-30,32-33,35,90H,6-8,10,12-14,16,19,22,25,28,31,34,36-89H2,1-5H3/p+1/b11-9-,17-15-,20-18-,23-21-,26-24-,29-27-,32-30-,35-33-. The van der Waals surface area contributed by atoms with Crippen LogP contribution in [0.4, 0.5) is 0 Å². The molecule has 9 nitrogen and oxygen atoms in total. The normalized spacial score (nSPS) is 13.4. The number of quaternary nitrogens is 1. The van der Waals surface area contributed by atoms with E-state index >= 15 is 0 Å². The molecule has 0 radical (unpaired) electrons. The van der Waals surface area contributed by atoms with Gasteiger partial charge in [0.15, 0.2) is 6.10 Å². The Morgan fingerprint density at radius 1 is 0.314 bits per heavy atom. The number of likely N-dealkylation sites (N-methyl/N-ethyl adjacent to an activating group) is 1. The van der Waals surface area contributed by atoms with Crippen molar-refractivity contribution in [1.29, 1.82) is 0 Å². The van der Waals surface area contributed by atoms with Crippen LogP contribution in [0.25, 0.3) is 0 Å². The molecule has 0 aliphatic heterocycles. The maximum atomic E-state index is 12.9. The Bertz CT molecular complexity index is 2050. The number of rotatable bonds is 82. The fraction of sp³-hybridized carbons (Fsp3) is 0.804. The highest BCUT2D eigenvalue weighted by Gasteiger charge is 2.27. The van der Waals surface area contributed by atoms with Gasteiger partial charge in [0.2, 0.25) is 0 Å². The molecule has 0 aliphatic rings. The van der Waals surface area contributed by atoms with E-state index in [4.69, 9.17) is 18.5 Å². The molecule has 0 aromatic carbocycles. The Morgan fingerprint density at radius 2 is 0.559 bits per heavy atom. The average molecular weight is 1450 g/mol. The molecular weight excluding hydrogens is 1280 g/mol. The zero-order valence-corrected chi connectivity index (χ0v) is 69.0. The molecule has 0 spiro atoms. The Hall–Kier alpha value is -3.07. The predicted octanol–water partition coefficient (Wildman–Crippen LogP) is 29.7. The summed E-state index contributed by atoms with van der Waals surface area (Å²) in [5, 5.41) is 0. The van der Waals surface area contributed by atoms with Crippen LogP contribution in [0.1, 0.15) is 425 Å². The molecule has 1 N–H and O–H groups in total. The lowest BCUT2D eigenvalue weighted by molar-refractivity contribution is -0.870. The summed E-state index contributed by atoms with van der Waals surface area (Å²) in [5.74, 6) is -0.775. The monoisotopic (exact) mass is 1450 g/mol. The second-order valence-corrected chi connectivity index (χ2v) is 32.4. The zero-order chi connectivity index (χ0) is 74.0. The molecule has 0 amide bonds. The van der Waals surface area contributed by atoms with Crippen LogP contribution < -0.4 is 0 Å². The number of phosphoric acid groups is 1. The third-order valence-corrected chi connectivity index (χ3v) is 20.6. The van der Waals surface area contributed by atoms with Gasteiger partial charge in [-0.05, 0) is 96.3 Å². The molecule has 2 unspecified atom stereocenters. The molecule has 0 saturated carbocycles. The van der Waals surface area contributed by atoms with Crippen LogP contribution in [-0.4, -0.2) is 74.9 Å². The van der Waals surface area contributed by atoms with Gasteiger partial charge in [-0.1, -0.05) is 413 Å². The third-order valence-electron chi connectivity index (χ3n) is 19.6. The molecule has 102 heavy (non-hydrogen) atoms. The van der Waals surface area contributed by atoms with Crippen LogP contribution in [0.5, 0.6) is 0 Å². The van der Waals surface area contributed by atoms with Crippen LogP contribution in [-0.2, 0) is 32.7 Å². The van der Waals surface area contributed by atoms with Gasteiger partial charge in [0, 0.05) is 12.8 Å². The van der Waals surface area contributed by atoms with E-state index in [0.29, 0.717) is 23.9 Å². The van der Waals surface area contributed by atoms with Crippen molar-refractivity contribution in [2.75, 3.05) is 47.5 Å². The molecule has 10 heteroatoms. The van der Waals surface area contributed by atoms with Crippen LogP contribution in [0.2, 0.25) is 0 Å². The fourth-order valence-corrected chi connectivity index (χ4v) is 13.7. The van der Waals surface area contributed by atoms with Crippen molar-refractivity contribution in [1.82, 2.24) is 0 Å². The van der Waals surface area contributed by atoms with Gasteiger partial charge < -0.3 is 18.9 Å². The van der Waals surface area contributed by atoms with Gasteiger partial charge in [-0.2, -0.15) is 0 Å². The van der Waals surface area contributed by atoms with Gasteiger partial charge in [-0.3, -0.25) is 18.6 Å². The minimum Gasteiger partial charge on any atom is -0.462 e. The summed E-state index contributed by atoms with van der Waals surface area (Å²) in [6.07, 6.45) is 116. The van der Waals surface area contributed by atoms with Crippen molar-refractivity contribution in [2.45, 2.75) is 431 Å². The van der Waals surface area contributed by atoms with Crippen LogP contribution in [0, 0.1) is 0 Å². The summed E-state index contributed by atoms with van der Waals surface area (Å²) in [4.78, 5) is 36.1. The topological polar surface area (TPSA) is 108 Å². The summed E-state index contributed by atoms with van der Waals surface area (Å²) in [6, 6.07) is 0. The number of esters is 2. The van der Waals surface area contributed by atoms with E-state index in [1.165, 1.54) is 315 Å². The van der Waals surface area contributed by atoms with Crippen molar-refractivity contribution in [3.63, 3.8) is 0 Å². The Balaban J connectivity index is 3.87. The first-order valence-electron chi connectivity index (χ1n) is 44.0. The van der Waals surface area contributed by atoms with Crippen LogP contribution in [0.15, 0.2) is 97.2 Å². The number of unbranched alkanes of at least 4 members (excludes halogenated alkanes) is 52. The lowest BCUT2D eigenvalue weighted by Gasteiger charge is -2.24. The van der Waals surface area contributed by atoms with Crippen molar-refractivity contribution in [2.24, 2.45) is 0 Å². The first-order valence-corrected chi connectivity index (χ1v) is 45.5. The van der Waals surface area contributed by atoms with Gasteiger partial charge in [-0.25, -0.2) is 4.57 Å². The molecule has 594 valence electrons. The van der Waals surface area contributed by atoms with Gasteiger partial charge in [0.25, 0.3) is 0 Å². The van der Waals surface area contributed by atoms with Gasteiger partial charge in [0.05, 0.1) is 27.7 Å². The van der Waals surface area contributed by atoms with Gasteiger partial charge >= 0.3 is 19.8 Å². The predicted molar refractivity (Wildman–Crippen MR) is 445 cm³/mol. The Labute approximate surface area is 634 Å². The summed E-state index contributed by atoms with van der Waals surface area (Å²) in [5.41, 5.74) is 0. The first kappa shape index (κ1) is 98.9. The number of ether oxygens (including phenoxy) is 2. The van der Waals surface area contributed by atoms with E-state index < -0.39 is 26.5 Å². The number of carbonyl (C=O) groups excluding carboxylic acids is 2. The SMILES string of the molecule is CC/C=C\C/C=C\C/C=C\C/C=C\C/C=C\CCCCCCCCCCCCCCCCCCCCCCCC(=O)OC(COC(=O)CCCCCCCCCCCCCCCCCCCCCCCCCCCC/C=C\C/C=C\C/C=C\CCCCCCC)COP(=O)(O)OCC[N+](C)(C)C. The number of hydrogen-bond acceptors (Lipinski definition) is 7. The fourth-order valence-electron chi connectivity index (χ4n) is 12.9. The van der Waals surface area contributed by atoms with Gasteiger partial charge in [-0.15, -0.1) is 0 Å². The highest BCUT2D eigenvalue weighted by molar-refractivity contribution is 7.47. The maximum Gasteiger partial charge on any atom is 0.472 e. The van der Waals surface area contributed by atoms with Crippen molar-refractivity contribution >= 4 is 19.8 Å². The molecular formula is C92H169NO8P+. The average Bonchev–Trinajstić information content (AvgIpc) is 0.913. The van der Waals surface area contributed by atoms with E-state index in [0.717, 1.165) is 77.0 Å². The second kappa shape index (κ2) is 82.0. The lowest BCUT2D eigenvalue weighted by atomic mass is 10.0. The summed E-state index contributed by atoms with van der Waals surface area (Å²) in [6.45, 7) is 4.37. The smallest absolute Gasteiger partial charge is 0.462 e. The number of allylic oxidation sites excluding steroid dienone is 16. The van der Waals surface area contributed by atoms with Crippen molar-refractivity contribution in [3.8, 4) is 0 Å². The number of phosphoric ester groups is 1. The van der Waals surface area contributed by atoms with Gasteiger partial charge in [0.1, 0.15) is 19.8 Å². The molecule has 0 saturated heterocycles. The van der Waals surface area contributed by atoms with E-state index in [1.807, 2.05) is 21.1 Å². The first-order chi connectivity index (χ1) is 50.0. The van der Waals surface area contributed by atoms with Crippen LogP contribution >= 0.6 is 7.82 Å². The molecule has 0 rings (SSSR count). The van der Waals surface area contributed by atoms with E-state index in [9.17, 15) is 19.0 Å². The molecule has 0 bridgehead atoms. The van der Waals surface area contributed by atoms with Crippen molar-refractivity contribution < 1.29 is 42.1 Å². The van der Waals surface area contributed by atoms with E-state index in [-0.39, 0.29) is 25.6 Å². The summed E-state index contributed by atoms with van der Waals surface area (Å²) in [7, 11) is 1.50. The largest absolute Gasteiger partial charge is 0.472 e. The second-order valence-electron chi connectivity index (χ2n) is 30.9. The maximum absolute atomic E-state index is 12.9. The zero-order valence-electron chi connectivity index (χ0n) is 68.1. The van der Waals surface area contributed by atoms with E-state index in [1.54, 1.807) is 0 Å². The molecule has 0 aliphatic carbocycles. The van der Waals surface area contributed by atoms with Crippen LogP contribution in [0.3, 0.4) is 0 Å². The quantitative estimate of drug-likeness (QED) is 0.0211. The minimum absolute atomic E-state index is 0.0327. The van der Waals surface area contributed by atoms with E-state index in [2.05, 4.69) is 111 Å². The Kier molecular flexibility index (Phi) is 79.5. The number of hydrogen-bond donors (Lipinski definition) is 1. The highest BCUT2D eigenvalue weighted by atomic mass is 31.2. The van der Waals surface area contributed by atoms with Crippen molar-refractivity contribution in [3.05, 3.63) is 97.2 Å². The molecule has 0 heterocycles. The molecule has 0 aromatic rings. The Morgan fingerprint density at radius 3 is 0.833 bits per heavy atom. The number of nitrogens with zero attached hydrogens (tertiary/aromatic N) is 1. The molecule has 2 atom stereocenters. The lowest BCUT2D eigenvalue weighted by Crippen LogP contribution is -2.37. The summed E-state index contributed by atoms with van der Waals surface area (Å²) >= 11 is 0. The molecule has 0 fully saturated rings. The summed E-state index contributed by atoms with van der Waals surface area (Å²) < 4.78 is 34.9. The molecule has 0 aromatic heterocycles. The number of carbonyl (C=O) groups is 2.